The second kappa shape index (κ2) is 6.16. The number of aromatic hydroxyl groups is 1. The van der Waals surface area contributed by atoms with Crippen LogP contribution in [0.4, 0.5) is 0 Å². The van der Waals surface area contributed by atoms with Gasteiger partial charge < -0.3 is 15.2 Å². The van der Waals surface area contributed by atoms with E-state index in [4.69, 9.17) is 4.74 Å². The molecule has 20 heavy (non-hydrogen) atoms. The molecule has 0 amide bonds. The SMILES string of the molecule is COc1ccc(C2NCCc3cc(O)ccc32)cc1.Cl. The molecule has 2 N–H and O–H groups in total. The average Bonchev–Trinajstić information content (AvgIpc) is 2.46. The van der Waals surface area contributed by atoms with Gasteiger partial charge in [-0.2, -0.15) is 0 Å². The van der Waals surface area contributed by atoms with Gasteiger partial charge in [0, 0.05) is 6.54 Å². The lowest BCUT2D eigenvalue weighted by Gasteiger charge is -2.27. The van der Waals surface area contributed by atoms with Crippen LogP contribution in [0.3, 0.4) is 0 Å². The fraction of sp³-hybridized carbons (Fsp3) is 0.250. The first-order valence-corrected chi connectivity index (χ1v) is 6.47. The van der Waals surface area contributed by atoms with Crippen molar-refractivity contribution in [1.82, 2.24) is 5.32 Å². The van der Waals surface area contributed by atoms with Crippen molar-refractivity contribution in [1.29, 1.82) is 0 Å². The maximum absolute atomic E-state index is 9.58. The van der Waals surface area contributed by atoms with Crippen molar-refractivity contribution in [3.63, 3.8) is 0 Å². The standard InChI is InChI=1S/C16H17NO2.ClH/c1-19-14-5-2-11(3-6-14)16-15-7-4-13(18)10-12(15)8-9-17-16;/h2-7,10,16-18H,8-9H2,1H3;1H. The van der Waals surface area contributed by atoms with Gasteiger partial charge in [0.15, 0.2) is 0 Å². The summed E-state index contributed by atoms with van der Waals surface area (Å²) in [4.78, 5) is 0. The number of hydrogen-bond acceptors (Lipinski definition) is 3. The van der Waals surface area contributed by atoms with Gasteiger partial charge in [0.1, 0.15) is 11.5 Å². The van der Waals surface area contributed by atoms with Crippen LogP contribution in [0, 0.1) is 0 Å². The summed E-state index contributed by atoms with van der Waals surface area (Å²) < 4.78 is 5.19. The lowest BCUT2D eigenvalue weighted by atomic mass is 9.90. The fourth-order valence-corrected chi connectivity index (χ4v) is 2.65. The molecular weight excluding hydrogens is 274 g/mol. The zero-order chi connectivity index (χ0) is 13.2. The summed E-state index contributed by atoms with van der Waals surface area (Å²) in [5.41, 5.74) is 3.68. The molecule has 1 heterocycles. The third-order valence-electron chi connectivity index (χ3n) is 3.63. The van der Waals surface area contributed by atoms with E-state index >= 15 is 0 Å². The van der Waals surface area contributed by atoms with E-state index in [-0.39, 0.29) is 18.4 Å². The molecule has 1 aliphatic rings. The van der Waals surface area contributed by atoms with E-state index < -0.39 is 0 Å². The highest BCUT2D eigenvalue weighted by atomic mass is 35.5. The Morgan fingerprint density at radius 1 is 1.15 bits per heavy atom. The van der Waals surface area contributed by atoms with Crippen LogP contribution >= 0.6 is 12.4 Å². The van der Waals surface area contributed by atoms with E-state index in [1.54, 1.807) is 13.2 Å². The molecule has 3 rings (SSSR count). The Kier molecular flexibility index (Phi) is 4.53. The van der Waals surface area contributed by atoms with Gasteiger partial charge in [-0.05, 0) is 47.4 Å². The van der Waals surface area contributed by atoms with E-state index in [9.17, 15) is 5.11 Å². The molecule has 2 aromatic carbocycles. The number of nitrogens with one attached hydrogen (secondary N) is 1. The minimum absolute atomic E-state index is 0. The molecular formula is C16H18ClNO2. The van der Waals surface area contributed by atoms with Crippen molar-refractivity contribution in [2.75, 3.05) is 13.7 Å². The quantitative estimate of drug-likeness (QED) is 0.893. The number of halogens is 1. The van der Waals surface area contributed by atoms with Crippen LogP contribution in [-0.4, -0.2) is 18.8 Å². The Balaban J connectivity index is 0.00000147. The minimum atomic E-state index is 0. The lowest BCUT2D eigenvalue weighted by Crippen LogP contribution is -2.30. The highest BCUT2D eigenvalue weighted by molar-refractivity contribution is 5.85. The Bertz CT molecular complexity index is 584. The summed E-state index contributed by atoms with van der Waals surface area (Å²) in [6.07, 6.45) is 0.955. The summed E-state index contributed by atoms with van der Waals surface area (Å²) in [5.74, 6) is 1.21. The Hall–Kier alpha value is -1.71. The highest BCUT2D eigenvalue weighted by Crippen LogP contribution is 2.31. The van der Waals surface area contributed by atoms with Gasteiger partial charge >= 0.3 is 0 Å². The van der Waals surface area contributed by atoms with Crippen LogP contribution in [-0.2, 0) is 6.42 Å². The lowest BCUT2D eigenvalue weighted by molar-refractivity contribution is 0.414. The third-order valence-corrected chi connectivity index (χ3v) is 3.63. The molecule has 0 bridgehead atoms. The Morgan fingerprint density at radius 2 is 1.90 bits per heavy atom. The van der Waals surface area contributed by atoms with E-state index in [1.807, 2.05) is 24.3 Å². The van der Waals surface area contributed by atoms with Crippen LogP contribution in [0.2, 0.25) is 0 Å². The molecule has 1 atom stereocenters. The van der Waals surface area contributed by atoms with Gasteiger partial charge in [-0.25, -0.2) is 0 Å². The molecule has 0 aliphatic carbocycles. The maximum atomic E-state index is 9.58. The zero-order valence-electron chi connectivity index (χ0n) is 11.3. The average molecular weight is 292 g/mol. The summed E-state index contributed by atoms with van der Waals surface area (Å²) in [6.45, 7) is 0.924. The molecule has 1 aliphatic heterocycles. The Morgan fingerprint density at radius 3 is 2.60 bits per heavy atom. The normalized spacial score (nSPS) is 16.9. The summed E-state index contributed by atoms with van der Waals surface area (Å²) in [7, 11) is 1.67. The monoisotopic (exact) mass is 291 g/mol. The van der Waals surface area contributed by atoms with Gasteiger partial charge in [-0.3, -0.25) is 0 Å². The first-order chi connectivity index (χ1) is 9.28. The van der Waals surface area contributed by atoms with E-state index in [0.29, 0.717) is 5.75 Å². The van der Waals surface area contributed by atoms with Crippen molar-refractivity contribution in [3.8, 4) is 11.5 Å². The van der Waals surface area contributed by atoms with E-state index in [0.717, 1.165) is 18.7 Å². The molecule has 0 radical (unpaired) electrons. The molecule has 0 fully saturated rings. The molecule has 0 aromatic heterocycles. The molecule has 4 heteroatoms. The molecule has 106 valence electrons. The molecule has 0 saturated carbocycles. The van der Waals surface area contributed by atoms with Gasteiger partial charge in [0.2, 0.25) is 0 Å². The van der Waals surface area contributed by atoms with Crippen LogP contribution in [0.15, 0.2) is 42.5 Å². The number of ether oxygens (including phenoxy) is 1. The van der Waals surface area contributed by atoms with E-state index in [1.165, 1.54) is 16.7 Å². The van der Waals surface area contributed by atoms with Crippen molar-refractivity contribution in [2.24, 2.45) is 0 Å². The summed E-state index contributed by atoms with van der Waals surface area (Å²) in [5, 5.41) is 13.1. The summed E-state index contributed by atoms with van der Waals surface area (Å²) >= 11 is 0. The largest absolute Gasteiger partial charge is 0.508 e. The third kappa shape index (κ3) is 2.74. The van der Waals surface area contributed by atoms with Gasteiger partial charge in [0.05, 0.1) is 13.2 Å². The van der Waals surface area contributed by atoms with Gasteiger partial charge in [-0.15, -0.1) is 12.4 Å². The minimum Gasteiger partial charge on any atom is -0.508 e. The number of phenols is 1. The smallest absolute Gasteiger partial charge is 0.118 e. The second-order valence-electron chi connectivity index (χ2n) is 4.79. The topological polar surface area (TPSA) is 41.5 Å². The predicted octanol–water partition coefficient (Wildman–Crippen LogP) is 3.06. The number of rotatable bonds is 2. The van der Waals surface area contributed by atoms with Crippen molar-refractivity contribution < 1.29 is 9.84 Å². The molecule has 3 nitrogen and oxygen atoms in total. The first-order valence-electron chi connectivity index (χ1n) is 6.47. The zero-order valence-corrected chi connectivity index (χ0v) is 12.1. The van der Waals surface area contributed by atoms with Crippen LogP contribution < -0.4 is 10.1 Å². The predicted molar refractivity (Wildman–Crippen MR) is 81.9 cm³/mol. The van der Waals surface area contributed by atoms with Crippen molar-refractivity contribution in [2.45, 2.75) is 12.5 Å². The molecule has 1 unspecified atom stereocenters. The maximum Gasteiger partial charge on any atom is 0.118 e. The molecule has 0 spiro atoms. The molecule has 2 aromatic rings. The van der Waals surface area contributed by atoms with Gasteiger partial charge in [0.25, 0.3) is 0 Å². The van der Waals surface area contributed by atoms with Crippen LogP contribution in [0.25, 0.3) is 0 Å². The summed E-state index contributed by atoms with van der Waals surface area (Å²) in [6, 6.07) is 13.9. The molecule has 0 saturated heterocycles. The fourth-order valence-electron chi connectivity index (χ4n) is 2.65. The number of hydrogen-bond donors (Lipinski definition) is 2. The van der Waals surface area contributed by atoms with Crippen LogP contribution in [0.1, 0.15) is 22.7 Å². The number of phenolic OH excluding ortho intramolecular Hbond substituents is 1. The highest BCUT2D eigenvalue weighted by Gasteiger charge is 2.21. The number of methoxy groups -OCH3 is 1. The second-order valence-corrected chi connectivity index (χ2v) is 4.79. The van der Waals surface area contributed by atoms with Crippen LogP contribution in [0.5, 0.6) is 11.5 Å². The van der Waals surface area contributed by atoms with Gasteiger partial charge in [-0.1, -0.05) is 18.2 Å². The van der Waals surface area contributed by atoms with Crippen molar-refractivity contribution in [3.05, 3.63) is 59.2 Å². The van der Waals surface area contributed by atoms with Crippen molar-refractivity contribution >= 4 is 12.4 Å². The number of fused-ring (bicyclic) bond motifs is 1. The first kappa shape index (κ1) is 14.7. The Labute approximate surface area is 125 Å². The van der Waals surface area contributed by atoms with E-state index in [2.05, 4.69) is 17.4 Å². The number of benzene rings is 2.